The van der Waals surface area contributed by atoms with Crippen LogP contribution in [0.25, 0.3) is 0 Å². The summed E-state index contributed by atoms with van der Waals surface area (Å²) in [5.74, 6) is -0.0646. The molecule has 0 unspecified atom stereocenters. The molecule has 100 valence electrons. The van der Waals surface area contributed by atoms with Crippen LogP contribution < -0.4 is 0 Å². The fourth-order valence-electron chi connectivity index (χ4n) is 2.06. The average Bonchev–Trinajstić information content (AvgIpc) is 2.46. The molecule has 1 nitrogen and oxygen atoms in total. The Kier molecular flexibility index (Phi) is 5.03. The molecule has 0 bridgehead atoms. The third-order valence-corrected chi connectivity index (χ3v) is 4.47. The molecule has 2 aromatic carbocycles. The second kappa shape index (κ2) is 6.56. The van der Waals surface area contributed by atoms with Crippen molar-refractivity contribution in [1.82, 2.24) is 0 Å². The number of rotatable bonds is 4. The molecule has 19 heavy (non-hydrogen) atoms. The molecule has 0 amide bonds. The number of hydrogen-bond donors (Lipinski definition) is 1. The molecule has 0 aromatic heterocycles. The van der Waals surface area contributed by atoms with Gasteiger partial charge < -0.3 is 5.11 Å². The van der Waals surface area contributed by atoms with E-state index in [0.29, 0.717) is 0 Å². The van der Waals surface area contributed by atoms with Crippen LogP contribution in [-0.4, -0.2) is 5.11 Å². The largest absolute Gasteiger partial charge is 0.388 e. The molecule has 0 aliphatic carbocycles. The first-order valence-corrected chi connectivity index (χ1v) is 7.45. The molecule has 0 fully saturated rings. The van der Waals surface area contributed by atoms with E-state index in [1.165, 1.54) is 0 Å². The first-order chi connectivity index (χ1) is 9.09. The van der Waals surface area contributed by atoms with Gasteiger partial charge in [-0.05, 0) is 23.3 Å². The maximum absolute atomic E-state index is 10.4. The molecule has 0 aliphatic heterocycles. The van der Waals surface area contributed by atoms with E-state index in [9.17, 15) is 5.11 Å². The maximum atomic E-state index is 10.4. The molecule has 1 N–H and O–H groups in total. The summed E-state index contributed by atoms with van der Waals surface area (Å²) in [7, 11) is 0. The van der Waals surface area contributed by atoms with Crippen LogP contribution in [0.5, 0.6) is 0 Å². The van der Waals surface area contributed by atoms with E-state index in [-0.39, 0.29) is 11.3 Å². The van der Waals surface area contributed by atoms with Crippen molar-refractivity contribution in [3.05, 3.63) is 70.2 Å². The molecular weight excluding hydrogens is 324 g/mol. The standard InChI is InChI=1S/C16H16BrClO/c1-11(15(18)12-5-3-2-4-6-12)16(19)13-7-9-14(17)10-8-13/h2-11,15-16,19H,1H3/t11-,15+,16+/m0/s1. The van der Waals surface area contributed by atoms with Crippen LogP contribution in [0.2, 0.25) is 0 Å². The second-order valence-corrected chi connectivity index (χ2v) is 6.05. The lowest BCUT2D eigenvalue weighted by Crippen LogP contribution is -2.14. The summed E-state index contributed by atoms with van der Waals surface area (Å²) in [6.07, 6.45) is -0.573. The lowest BCUT2D eigenvalue weighted by atomic mass is 9.91. The van der Waals surface area contributed by atoms with Crippen molar-refractivity contribution < 1.29 is 5.11 Å². The number of benzene rings is 2. The zero-order valence-electron chi connectivity index (χ0n) is 10.6. The highest BCUT2D eigenvalue weighted by molar-refractivity contribution is 9.10. The Morgan fingerprint density at radius 2 is 1.53 bits per heavy atom. The van der Waals surface area contributed by atoms with Gasteiger partial charge in [0, 0.05) is 10.4 Å². The first kappa shape index (κ1) is 14.6. The van der Waals surface area contributed by atoms with Gasteiger partial charge in [0.25, 0.3) is 0 Å². The summed E-state index contributed by atoms with van der Waals surface area (Å²) in [6, 6.07) is 17.6. The predicted octanol–water partition coefficient (Wildman–Crippen LogP) is 5.10. The topological polar surface area (TPSA) is 20.2 Å². The molecule has 3 atom stereocenters. The normalized spacial score (nSPS) is 15.8. The van der Waals surface area contributed by atoms with Crippen molar-refractivity contribution in [3.8, 4) is 0 Å². The summed E-state index contributed by atoms with van der Waals surface area (Å²) < 4.78 is 1.00. The Bertz CT molecular complexity index is 512. The smallest absolute Gasteiger partial charge is 0.0832 e. The third-order valence-electron chi connectivity index (χ3n) is 3.29. The highest BCUT2D eigenvalue weighted by Crippen LogP contribution is 2.37. The SMILES string of the molecule is C[C@H]([C@@H](O)c1ccc(Br)cc1)[C@@H](Cl)c1ccccc1. The number of hydrogen-bond acceptors (Lipinski definition) is 1. The average molecular weight is 340 g/mol. The second-order valence-electron chi connectivity index (χ2n) is 4.67. The third kappa shape index (κ3) is 3.59. The fourth-order valence-corrected chi connectivity index (χ4v) is 2.61. The molecule has 0 saturated carbocycles. The molecule has 0 heterocycles. The van der Waals surface area contributed by atoms with E-state index in [1.807, 2.05) is 61.5 Å². The van der Waals surface area contributed by atoms with E-state index < -0.39 is 6.10 Å². The van der Waals surface area contributed by atoms with Crippen molar-refractivity contribution in [2.45, 2.75) is 18.4 Å². The Morgan fingerprint density at radius 1 is 0.947 bits per heavy atom. The van der Waals surface area contributed by atoms with E-state index in [4.69, 9.17) is 11.6 Å². The van der Waals surface area contributed by atoms with Gasteiger partial charge >= 0.3 is 0 Å². The Morgan fingerprint density at radius 3 is 2.11 bits per heavy atom. The Balaban J connectivity index is 2.15. The predicted molar refractivity (Wildman–Crippen MR) is 83.3 cm³/mol. The van der Waals surface area contributed by atoms with Gasteiger partial charge in [0.05, 0.1) is 11.5 Å². The van der Waals surface area contributed by atoms with Gasteiger partial charge in [-0.2, -0.15) is 0 Å². The van der Waals surface area contributed by atoms with Gasteiger partial charge in [0.2, 0.25) is 0 Å². The van der Waals surface area contributed by atoms with Gasteiger partial charge in [-0.1, -0.05) is 65.3 Å². The van der Waals surface area contributed by atoms with Crippen LogP contribution >= 0.6 is 27.5 Å². The van der Waals surface area contributed by atoms with Crippen LogP contribution in [0.15, 0.2) is 59.1 Å². The highest BCUT2D eigenvalue weighted by Gasteiger charge is 2.24. The monoisotopic (exact) mass is 338 g/mol. The molecule has 2 aromatic rings. The van der Waals surface area contributed by atoms with Crippen molar-refractivity contribution in [1.29, 1.82) is 0 Å². The van der Waals surface area contributed by atoms with Crippen LogP contribution in [0.4, 0.5) is 0 Å². The minimum atomic E-state index is -0.573. The molecule has 3 heteroatoms. The molecule has 0 aliphatic rings. The van der Waals surface area contributed by atoms with Gasteiger partial charge in [0.1, 0.15) is 0 Å². The van der Waals surface area contributed by atoms with Gasteiger partial charge in [0.15, 0.2) is 0 Å². The maximum Gasteiger partial charge on any atom is 0.0832 e. The summed E-state index contributed by atoms with van der Waals surface area (Å²) in [6.45, 7) is 1.97. The zero-order valence-corrected chi connectivity index (χ0v) is 13.0. The molecule has 2 rings (SSSR count). The fraction of sp³-hybridized carbons (Fsp3) is 0.250. The summed E-state index contributed by atoms with van der Waals surface area (Å²) in [4.78, 5) is 0. The van der Waals surface area contributed by atoms with E-state index in [0.717, 1.165) is 15.6 Å². The number of aliphatic hydroxyl groups excluding tert-OH is 1. The number of halogens is 2. The van der Waals surface area contributed by atoms with E-state index in [1.54, 1.807) is 0 Å². The van der Waals surface area contributed by atoms with Crippen molar-refractivity contribution in [3.63, 3.8) is 0 Å². The first-order valence-electron chi connectivity index (χ1n) is 6.22. The quantitative estimate of drug-likeness (QED) is 0.768. The van der Waals surface area contributed by atoms with Crippen LogP contribution in [0.1, 0.15) is 29.5 Å². The Hall–Kier alpha value is -0.830. The number of aliphatic hydroxyl groups is 1. The van der Waals surface area contributed by atoms with E-state index >= 15 is 0 Å². The Labute approximate surface area is 127 Å². The van der Waals surface area contributed by atoms with Crippen LogP contribution in [0.3, 0.4) is 0 Å². The van der Waals surface area contributed by atoms with Crippen molar-refractivity contribution in [2.75, 3.05) is 0 Å². The van der Waals surface area contributed by atoms with E-state index in [2.05, 4.69) is 15.9 Å². The molecule has 0 radical (unpaired) electrons. The van der Waals surface area contributed by atoms with Gasteiger partial charge in [-0.15, -0.1) is 11.6 Å². The minimum absolute atomic E-state index is 0.0646. The lowest BCUT2D eigenvalue weighted by Gasteiger charge is -2.24. The molecule has 0 spiro atoms. The minimum Gasteiger partial charge on any atom is -0.388 e. The summed E-state index contributed by atoms with van der Waals surface area (Å²) in [5.41, 5.74) is 1.92. The van der Waals surface area contributed by atoms with Crippen LogP contribution in [-0.2, 0) is 0 Å². The van der Waals surface area contributed by atoms with Crippen LogP contribution in [0, 0.1) is 5.92 Å². The lowest BCUT2D eigenvalue weighted by molar-refractivity contribution is 0.115. The van der Waals surface area contributed by atoms with Crippen molar-refractivity contribution >= 4 is 27.5 Å². The summed E-state index contributed by atoms with van der Waals surface area (Å²) in [5, 5.41) is 10.2. The van der Waals surface area contributed by atoms with Gasteiger partial charge in [-0.3, -0.25) is 0 Å². The van der Waals surface area contributed by atoms with Crippen molar-refractivity contribution in [2.24, 2.45) is 5.92 Å². The highest BCUT2D eigenvalue weighted by atomic mass is 79.9. The van der Waals surface area contributed by atoms with Gasteiger partial charge in [-0.25, -0.2) is 0 Å². The zero-order chi connectivity index (χ0) is 13.8. The summed E-state index contributed by atoms with van der Waals surface area (Å²) >= 11 is 9.85. The molecule has 0 saturated heterocycles. The number of alkyl halides is 1. The molecular formula is C16H16BrClO.